The standard InChI is InChI=1S/C13H18N2O3S/c16-13(10-14-11-5-2-1-3-6-11)15-9-12-7-4-8-19(12,17)18/h1-3,5-6,12,14H,4,7-10H2,(H,15,16). The Kier molecular flexibility index (Phi) is 4.42. The number of hydrogen-bond acceptors (Lipinski definition) is 4. The quantitative estimate of drug-likeness (QED) is 0.837. The minimum Gasteiger partial charge on any atom is -0.376 e. The van der Waals surface area contributed by atoms with Gasteiger partial charge in [0, 0.05) is 12.2 Å². The number of nitrogens with one attached hydrogen (secondary N) is 2. The van der Waals surface area contributed by atoms with Crippen molar-refractivity contribution in [2.75, 3.05) is 24.2 Å². The summed E-state index contributed by atoms with van der Waals surface area (Å²) in [6, 6.07) is 9.40. The largest absolute Gasteiger partial charge is 0.376 e. The van der Waals surface area contributed by atoms with E-state index in [1.54, 1.807) is 0 Å². The van der Waals surface area contributed by atoms with E-state index < -0.39 is 15.1 Å². The second kappa shape index (κ2) is 6.06. The first-order chi connectivity index (χ1) is 9.08. The van der Waals surface area contributed by atoms with Gasteiger partial charge in [-0.15, -0.1) is 0 Å². The number of amides is 1. The summed E-state index contributed by atoms with van der Waals surface area (Å²) >= 11 is 0. The van der Waals surface area contributed by atoms with Crippen LogP contribution in [0.3, 0.4) is 0 Å². The van der Waals surface area contributed by atoms with Gasteiger partial charge in [0.2, 0.25) is 5.91 Å². The van der Waals surface area contributed by atoms with Crippen molar-refractivity contribution in [3.05, 3.63) is 30.3 Å². The first-order valence-corrected chi connectivity index (χ1v) is 8.07. The number of hydrogen-bond donors (Lipinski definition) is 2. The Morgan fingerprint density at radius 3 is 2.63 bits per heavy atom. The van der Waals surface area contributed by atoms with Crippen molar-refractivity contribution in [3.8, 4) is 0 Å². The van der Waals surface area contributed by atoms with Crippen LogP contribution in [0.15, 0.2) is 30.3 Å². The van der Waals surface area contributed by atoms with Crippen LogP contribution in [0, 0.1) is 0 Å². The zero-order chi connectivity index (χ0) is 13.7. The number of para-hydroxylation sites is 1. The number of carbonyl (C=O) groups is 1. The van der Waals surface area contributed by atoms with Crippen LogP contribution in [0.1, 0.15) is 12.8 Å². The number of sulfone groups is 1. The first-order valence-electron chi connectivity index (χ1n) is 6.35. The molecule has 0 radical (unpaired) electrons. The van der Waals surface area contributed by atoms with Crippen LogP contribution in [-0.4, -0.2) is 38.4 Å². The number of benzene rings is 1. The van der Waals surface area contributed by atoms with E-state index in [2.05, 4.69) is 10.6 Å². The lowest BCUT2D eigenvalue weighted by Crippen LogP contribution is -2.37. The third-order valence-electron chi connectivity index (χ3n) is 3.22. The molecule has 1 unspecified atom stereocenters. The number of anilines is 1. The summed E-state index contributed by atoms with van der Waals surface area (Å²) in [6.45, 7) is 0.369. The van der Waals surface area contributed by atoms with Gasteiger partial charge >= 0.3 is 0 Å². The van der Waals surface area contributed by atoms with Crippen LogP contribution in [0.4, 0.5) is 5.69 Å². The molecule has 1 aliphatic heterocycles. The van der Waals surface area contributed by atoms with Gasteiger partial charge in [-0.2, -0.15) is 0 Å². The van der Waals surface area contributed by atoms with Gasteiger partial charge in [0.05, 0.1) is 17.5 Å². The Morgan fingerprint density at radius 1 is 1.26 bits per heavy atom. The fourth-order valence-corrected chi connectivity index (χ4v) is 3.88. The fourth-order valence-electron chi connectivity index (χ4n) is 2.12. The van der Waals surface area contributed by atoms with Gasteiger partial charge in [-0.3, -0.25) is 4.79 Å². The van der Waals surface area contributed by atoms with E-state index in [4.69, 9.17) is 0 Å². The summed E-state index contributed by atoms with van der Waals surface area (Å²) in [5.41, 5.74) is 0.867. The number of rotatable bonds is 5. The first kappa shape index (κ1) is 13.9. The highest BCUT2D eigenvalue weighted by Crippen LogP contribution is 2.18. The Morgan fingerprint density at radius 2 is 2.00 bits per heavy atom. The SMILES string of the molecule is O=C(CNc1ccccc1)NCC1CCCS1(=O)=O. The van der Waals surface area contributed by atoms with Crippen LogP contribution in [0.25, 0.3) is 0 Å². The Balaban J connectivity index is 1.73. The molecule has 0 aliphatic carbocycles. The lowest BCUT2D eigenvalue weighted by Gasteiger charge is -2.11. The molecule has 5 nitrogen and oxygen atoms in total. The normalized spacial score (nSPS) is 20.9. The molecule has 1 fully saturated rings. The van der Waals surface area contributed by atoms with E-state index in [0.717, 1.165) is 5.69 Å². The molecule has 2 rings (SSSR count). The minimum absolute atomic E-state index is 0.150. The smallest absolute Gasteiger partial charge is 0.239 e. The zero-order valence-electron chi connectivity index (χ0n) is 10.6. The molecular formula is C13H18N2O3S. The highest BCUT2D eigenvalue weighted by molar-refractivity contribution is 7.92. The van der Waals surface area contributed by atoms with Crippen molar-refractivity contribution < 1.29 is 13.2 Å². The van der Waals surface area contributed by atoms with Gasteiger partial charge in [-0.05, 0) is 25.0 Å². The van der Waals surface area contributed by atoms with Crippen LogP contribution < -0.4 is 10.6 Å². The maximum atomic E-state index is 11.6. The molecule has 0 bridgehead atoms. The average molecular weight is 282 g/mol. The van der Waals surface area contributed by atoms with Crippen molar-refractivity contribution in [1.82, 2.24) is 5.32 Å². The summed E-state index contributed by atoms with van der Waals surface area (Å²) < 4.78 is 23.2. The van der Waals surface area contributed by atoms with Crippen molar-refractivity contribution in [2.24, 2.45) is 0 Å². The molecular weight excluding hydrogens is 264 g/mol. The maximum Gasteiger partial charge on any atom is 0.239 e. The molecule has 1 saturated heterocycles. The Hall–Kier alpha value is -1.56. The predicted octanol–water partition coefficient (Wildman–Crippen LogP) is 0.792. The molecule has 0 spiro atoms. The van der Waals surface area contributed by atoms with Crippen molar-refractivity contribution in [1.29, 1.82) is 0 Å². The molecule has 1 amide bonds. The Labute approximate surface area is 113 Å². The fraction of sp³-hybridized carbons (Fsp3) is 0.462. The molecule has 2 N–H and O–H groups in total. The molecule has 19 heavy (non-hydrogen) atoms. The molecule has 0 aromatic heterocycles. The lowest BCUT2D eigenvalue weighted by atomic mass is 10.2. The van der Waals surface area contributed by atoms with Crippen molar-refractivity contribution in [3.63, 3.8) is 0 Å². The summed E-state index contributed by atoms with van der Waals surface area (Å²) in [5, 5.41) is 5.24. The average Bonchev–Trinajstić information content (AvgIpc) is 2.74. The second-order valence-corrected chi connectivity index (χ2v) is 7.06. The van der Waals surface area contributed by atoms with Gasteiger partial charge in [0.1, 0.15) is 0 Å². The monoisotopic (exact) mass is 282 g/mol. The van der Waals surface area contributed by atoms with E-state index in [9.17, 15) is 13.2 Å². The van der Waals surface area contributed by atoms with Crippen LogP contribution in [-0.2, 0) is 14.6 Å². The summed E-state index contributed by atoms with van der Waals surface area (Å²) in [4.78, 5) is 11.6. The van der Waals surface area contributed by atoms with E-state index >= 15 is 0 Å². The van der Waals surface area contributed by atoms with E-state index in [1.807, 2.05) is 30.3 Å². The van der Waals surface area contributed by atoms with Crippen molar-refractivity contribution in [2.45, 2.75) is 18.1 Å². The molecule has 1 atom stereocenters. The van der Waals surface area contributed by atoms with E-state index in [1.165, 1.54) is 0 Å². The summed E-state index contributed by atoms with van der Waals surface area (Å²) in [5.74, 6) is 0.0569. The predicted molar refractivity (Wildman–Crippen MR) is 74.8 cm³/mol. The van der Waals surface area contributed by atoms with E-state index in [-0.39, 0.29) is 24.7 Å². The Bertz CT molecular complexity index is 528. The van der Waals surface area contributed by atoms with Crippen molar-refractivity contribution >= 4 is 21.4 Å². The maximum absolute atomic E-state index is 11.6. The lowest BCUT2D eigenvalue weighted by molar-refractivity contribution is -0.119. The third-order valence-corrected chi connectivity index (χ3v) is 5.49. The topological polar surface area (TPSA) is 75.3 Å². The highest BCUT2D eigenvalue weighted by Gasteiger charge is 2.31. The molecule has 104 valence electrons. The van der Waals surface area contributed by atoms with Gasteiger partial charge in [0.15, 0.2) is 9.84 Å². The third kappa shape index (κ3) is 3.96. The van der Waals surface area contributed by atoms with Crippen LogP contribution >= 0.6 is 0 Å². The van der Waals surface area contributed by atoms with Crippen LogP contribution in [0.5, 0.6) is 0 Å². The van der Waals surface area contributed by atoms with Gasteiger partial charge < -0.3 is 10.6 Å². The van der Waals surface area contributed by atoms with Gasteiger partial charge in [-0.1, -0.05) is 18.2 Å². The summed E-state index contributed by atoms with van der Waals surface area (Å²) in [6.07, 6.45) is 1.35. The molecule has 1 aromatic rings. The highest BCUT2D eigenvalue weighted by atomic mass is 32.2. The second-order valence-electron chi connectivity index (χ2n) is 4.65. The molecule has 0 saturated carbocycles. The molecule has 1 aliphatic rings. The minimum atomic E-state index is -2.98. The summed E-state index contributed by atoms with van der Waals surface area (Å²) in [7, 11) is -2.98. The van der Waals surface area contributed by atoms with E-state index in [0.29, 0.717) is 12.8 Å². The van der Waals surface area contributed by atoms with Gasteiger partial charge in [-0.25, -0.2) is 8.42 Å². The van der Waals surface area contributed by atoms with Gasteiger partial charge in [0.25, 0.3) is 0 Å². The molecule has 6 heteroatoms. The zero-order valence-corrected chi connectivity index (χ0v) is 11.4. The van der Waals surface area contributed by atoms with Crippen LogP contribution in [0.2, 0.25) is 0 Å². The molecule has 1 aromatic carbocycles. The molecule has 1 heterocycles. The number of carbonyl (C=O) groups excluding carboxylic acids is 1.